The van der Waals surface area contributed by atoms with Gasteiger partial charge in [0.1, 0.15) is 12.4 Å². The fraction of sp³-hybridized carbons (Fsp3) is 0.222. The summed E-state index contributed by atoms with van der Waals surface area (Å²) in [6.45, 7) is 4.49. The molecule has 0 aliphatic heterocycles. The fourth-order valence-corrected chi connectivity index (χ4v) is 2.71. The molecule has 28 heavy (non-hydrogen) atoms. The predicted molar refractivity (Wildman–Crippen MR) is 100 cm³/mol. The molecule has 0 atom stereocenters. The Hall–Kier alpha value is -3.82. The zero-order valence-electron chi connectivity index (χ0n) is 15.4. The maximum Gasteiger partial charge on any atom is 0.259 e. The van der Waals surface area contributed by atoms with E-state index in [1.54, 1.807) is 47.1 Å². The summed E-state index contributed by atoms with van der Waals surface area (Å²) in [5.41, 5.74) is 2.28. The first-order valence-electron chi connectivity index (χ1n) is 8.73. The van der Waals surface area contributed by atoms with E-state index < -0.39 is 0 Å². The van der Waals surface area contributed by atoms with E-state index in [4.69, 9.17) is 4.52 Å². The summed E-state index contributed by atoms with van der Waals surface area (Å²) in [6, 6.07) is 5.45. The predicted octanol–water partition coefficient (Wildman–Crippen LogP) is 2.16. The molecule has 10 heteroatoms. The van der Waals surface area contributed by atoms with E-state index in [9.17, 15) is 4.79 Å². The molecule has 4 rings (SSSR count). The second-order valence-electron chi connectivity index (χ2n) is 6.09. The number of amides is 1. The van der Waals surface area contributed by atoms with Crippen LogP contribution in [0.1, 0.15) is 12.7 Å². The first-order chi connectivity index (χ1) is 13.6. The molecule has 142 valence electrons. The van der Waals surface area contributed by atoms with E-state index in [-0.39, 0.29) is 12.5 Å². The number of rotatable bonds is 6. The lowest BCUT2D eigenvalue weighted by Crippen LogP contribution is -2.20. The third-order valence-corrected chi connectivity index (χ3v) is 4.06. The number of pyridine rings is 1. The van der Waals surface area contributed by atoms with Crippen molar-refractivity contribution in [3.05, 3.63) is 48.8 Å². The monoisotopic (exact) mass is 378 g/mol. The van der Waals surface area contributed by atoms with E-state index >= 15 is 0 Å². The molecule has 0 bridgehead atoms. The van der Waals surface area contributed by atoms with Gasteiger partial charge in [0.15, 0.2) is 5.82 Å². The largest absolute Gasteiger partial charge is 0.334 e. The van der Waals surface area contributed by atoms with Gasteiger partial charge in [-0.05, 0) is 26.0 Å². The highest BCUT2D eigenvalue weighted by atomic mass is 16.5. The summed E-state index contributed by atoms with van der Waals surface area (Å²) in [6.07, 6.45) is 6.76. The molecule has 0 radical (unpaired) electrons. The van der Waals surface area contributed by atoms with Crippen LogP contribution in [0, 0.1) is 6.92 Å². The van der Waals surface area contributed by atoms with E-state index in [0.29, 0.717) is 24.1 Å². The maximum atomic E-state index is 12.2. The number of hydrogen-bond donors (Lipinski definition) is 1. The van der Waals surface area contributed by atoms with Gasteiger partial charge in [-0.1, -0.05) is 5.16 Å². The fourth-order valence-electron chi connectivity index (χ4n) is 2.71. The first kappa shape index (κ1) is 17.6. The standard InChI is InChI=1S/C18H18N8O2/c1-3-26-16(6-7-20-26)23-17(27)11-25-10-14(9-21-25)15-5-4-13(8-19-15)18-22-12(2)24-28-18/h4-10H,3,11H2,1-2H3,(H,23,27). The minimum Gasteiger partial charge on any atom is -0.334 e. The zero-order chi connectivity index (χ0) is 19.5. The van der Waals surface area contributed by atoms with Crippen molar-refractivity contribution in [3.8, 4) is 22.7 Å². The van der Waals surface area contributed by atoms with Gasteiger partial charge in [-0.3, -0.25) is 14.5 Å². The molecule has 4 heterocycles. The van der Waals surface area contributed by atoms with Crippen molar-refractivity contribution < 1.29 is 9.32 Å². The quantitative estimate of drug-likeness (QED) is 0.546. The van der Waals surface area contributed by atoms with Crippen molar-refractivity contribution in [1.29, 1.82) is 0 Å². The van der Waals surface area contributed by atoms with Gasteiger partial charge in [-0.15, -0.1) is 0 Å². The van der Waals surface area contributed by atoms with Crippen molar-refractivity contribution >= 4 is 11.7 Å². The minimum atomic E-state index is -0.181. The van der Waals surface area contributed by atoms with Crippen LogP contribution in [-0.2, 0) is 17.9 Å². The molecule has 0 fully saturated rings. The molecule has 0 unspecified atom stereocenters. The number of carbonyl (C=O) groups is 1. The van der Waals surface area contributed by atoms with E-state index in [0.717, 1.165) is 16.8 Å². The molecular weight excluding hydrogens is 360 g/mol. The number of aromatic nitrogens is 7. The van der Waals surface area contributed by atoms with Crippen molar-refractivity contribution in [2.75, 3.05) is 5.32 Å². The number of nitrogens with one attached hydrogen (secondary N) is 1. The van der Waals surface area contributed by atoms with Gasteiger partial charge in [-0.2, -0.15) is 15.2 Å². The molecule has 0 aliphatic carbocycles. The van der Waals surface area contributed by atoms with Gasteiger partial charge in [0.05, 0.1) is 23.7 Å². The zero-order valence-corrected chi connectivity index (χ0v) is 15.4. The number of anilines is 1. The van der Waals surface area contributed by atoms with Crippen LogP contribution in [0.15, 0.2) is 47.5 Å². The smallest absolute Gasteiger partial charge is 0.259 e. The molecule has 4 aromatic heterocycles. The highest BCUT2D eigenvalue weighted by molar-refractivity contribution is 5.89. The average Bonchev–Trinajstić information content (AvgIpc) is 3.43. The maximum absolute atomic E-state index is 12.2. The molecule has 0 saturated carbocycles. The second-order valence-corrected chi connectivity index (χ2v) is 6.09. The van der Waals surface area contributed by atoms with Crippen LogP contribution in [0.25, 0.3) is 22.7 Å². The Morgan fingerprint density at radius 2 is 2.07 bits per heavy atom. The van der Waals surface area contributed by atoms with Gasteiger partial charge in [-0.25, -0.2) is 4.68 Å². The Kier molecular flexibility index (Phi) is 4.67. The van der Waals surface area contributed by atoms with Crippen molar-refractivity contribution in [1.82, 2.24) is 34.7 Å². The highest BCUT2D eigenvalue weighted by Crippen LogP contribution is 2.21. The van der Waals surface area contributed by atoms with Crippen LogP contribution in [0.5, 0.6) is 0 Å². The first-order valence-corrected chi connectivity index (χ1v) is 8.73. The molecular formula is C18H18N8O2. The molecule has 1 amide bonds. The summed E-state index contributed by atoms with van der Waals surface area (Å²) < 4.78 is 8.41. The van der Waals surface area contributed by atoms with E-state index in [1.807, 2.05) is 19.1 Å². The lowest BCUT2D eigenvalue weighted by Gasteiger charge is -2.06. The van der Waals surface area contributed by atoms with Gasteiger partial charge in [0.2, 0.25) is 5.91 Å². The normalized spacial score (nSPS) is 10.9. The van der Waals surface area contributed by atoms with Gasteiger partial charge >= 0.3 is 0 Å². The molecule has 0 spiro atoms. The summed E-state index contributed by atoms with van der Waals surface area (Å²) in [4.78, 5) is 20.8. The van der Waals surface area contributed by atoms with Crippen LogP contribution < -0.4 is 5.32 Å². The number of hydrogen-bond acceptors (Lipinski definition) is 7. The third kappa shape index (κ3) is 3.65. The van der Waals surface area contributed by atoms with Crippen molar-refractivity contribution in [3.63, 3.8) is 0 Å². The molecule has 0 aromatic carbocycles. The molecule has 1 N–H and O–H groups in total. The van der Waals surface area contributed by atoms with Crippen molar-refractivity contribution in [2.24, 2.45) is 0 Å². The number of nitrogens with zero attached hydrogens (tertiary/aromatic N) is 7. The van der Waals surface area contributed by atoms with Crippen LogP contribution >= 0.6 is 0 Å². The number of aryl methyl sites for hydroxylation is 2. The molecule has 0 saturated heterocycles. The van der Waals surface area contributed by atoms with E-state index in [2.05, 4.69) is 30.6 Å². The second kappa shape index (κ2) is 7.43. The Balaban J connectivity index is 1.43. The van der Waals surface area contributed by atoms with Crippen molar-refractivity contribution in [2.45, 2.75) is 26.9 Å². The minimum absolute atomic E-state index is 0.0915. The summed E-state index contributed by atoms with van der Waals surface area (Å²) in [7, 11) is 0. The molecule has 4 aromatic rings. The highest BCUT2D eigenvalue weighted by Gasteiger charge is 2.11. The summed E-state index contributed by atoms with van der Waals surface area (Å²) in [5, 5.41) is 15.0. The average molecular weight is 378 g/mol. The van der Waals surface area contributed by atoms with E-state index in [1.165, 1.54) is 0 Å². The number of carbonyl (C=O) groups excluding carboxylic acids is 1. The Morgan fingerprint density at radius 3 is 2.79 bits per heavy atom. The third-order valence-electron chi connectivity index (χ3n) is 4.06. The van der Waals surface area contributed by atoms with Gasteiger partial charge < -0.3 is 9.84 Å². The SMILES string of the molecule is CCn1nccc1NC(=O)Cn1cc(-c2ccc(-c3nc(C)no3)cn2)cn1. The van der Waals surface area contributed by atoms with Crippen LogP contribution in [0.4, 0.5) is 5.82 Å². The van der Waals surface area contributed by atoms with Crippen LogP contribution in [0.3, 0.4) is 0 Å². The van der Waals surface area contributed by atoms with Gasteiger partial charge in [0, 0.05) is 30.6 Å². The molecule has 0 aliphatic rings. The van der Waals surface area contributed by atoms with Crippen LogP contribution in [-0.4, -0.2) is 40.6 Å². The topological polar surface area (TPSA) is 117 Å². The lowest BCUT2D eigenvalue weighted by atomic mass is 10.2. The van der Waals surface area contributed by atoms with Gasteiger partial charge in [0.25, 0.3) is 5.89 Å². The summed E-state index contributed by atoms with van der Waals surface area (Å²) in [5.74, 6) is 1.48. The Morgan fingerprint density at radius 1 is 1.18 bits per heavy atom. The Bertz CT molecular complexity index is 1090. The van der Waals surface area contributed by atoms with Crippen LogP contribution in [0.2, 0.25) is 0 Å². The molecule has 10 nitrogen and oxygen atoms in total. The lowest BCUT2D eigenvalue weighted by molar-refractivity contribution is -0.116. The summed E-state index contributed by atoms with van der Waals surface area (Å²) >= 11 is 0. The Labute approximate surface area is 160 Å².